The first-order valence-corrected chi connectivity index (χ1v) is 12.1. The molecule has 0 radical (unpaired) electrons. The van der Waals surface area contributed by atoms with E-state index in [1.165, 1.54) is 17.1 Å². The fourth-order valence-corrected chi connectivity index (χ4v) is 6.99. The van der Waals surface area contributed by atoms with Crippen molar-refractivity contribution < 1.29 is 13.2 Å². The Hall–Kier alpha value is -1.19. The highest BCUT2D eigenvalue weighted by Gasteiger charge is 2.32. The Morgan fingerprint density at radius 1 is 1.18 bits per heavy atom. The van der Waals surface area contributed by atoms with Crippen molar-refractivity contribution in [2.45, 2.75) is 36.9 Å². The topological polar surface area (TPSA) is 62.6 Å². The normalized spacial score (nSPS) is 19.2. The lowest BCUT2D eigenvalue weighted by Gasteiger charge is -2.33. The zero-order valence-corrected chi connectivity index (χ0v) is 18.4. The summed E-state index contributed by atoms with van der Waals surface area (Å²) in [7, 11) is -3.50. The van der Waals surface area contributed by atoms with Crippen molar-refractivity contribution in [1.82, 2.24) is 13.8 Å². The molecule has 1 aliphatic carbocycles. The van der Waals surface area contributed by atoms with Crippen LogP contribution in [-0.2, 0) is 10.0 Å². The average molecular weight is 442 g/mol. The average Bonchev–Trinajstić information content (AvgIpc) is 3.30. The number of rotatable bonds is 6. The Morgan fingerprint density at radius 3 is 2.43 bits per heavy atom. The first kappa shape index (κ1) is 20.1. The second-order valence-corrected chi connectivity index (χ2v) is 11.4. The summed E-state index contributed by atoms with van der Waals surface area (Å²) in [5, 5.41) is 0. The molecule has 4 rings (SSSR count). The van der Waals surface area contributed by atoms with Gasteiger partial charge in [0.25, 0.3) is 10.0 Å². The third-order valence-electron chi connectivity index (χ3n) is 5.54. The van der Waals surface area contributed by atoms with Crippen LogP contribution in [0.3, 0.4) is 0 Å². The lowest BCUT2D eigenvalue weighted by atomic mass is 10.1. The van der Waals surface area contributed by atoms with Gasteiger partial charge in [-0.3, -0.25) is 9.69 Å². The van der Waals surface area contributed by atoms with E-state index in [9.17, 15) is 13.2 Å². The Bertz CT molecular complexity index is 1000. The number of nitrogens with zero attached hydrogens (tertiary/aromatic N) is 3. The second kappa shape index (κ2) is 7.57. The maximum Gasteiger partial charge on any atom is 0.252 e. The number of aryl methyl sites for hydroxylation is 1. The number of carbonyl (C=O) groups excluding carboxylic acids is 1. The molecule has 0 spiro atoms. The fraction of sp³-hybridized carbons (Fsp3) is 0.526. The summed E-state index contributed by atoms with van der Waals surface area (Å²) in [4.78, 5) is 14.9. The molecule has 0 aromatic carbocycles. The summed E-state index contributed by atoms with van der Waals surface area (Å²) in [5.41, 5.74) is 3.00. The zero-order chi connectivity index (χ0) is 20.1. The van der Waals surface area contributed by atoms with Crippen molar-refractivity contribution in [3.8, 4) is 0 Å². The SMILES string of the molecule is Cc1cc(C(=O)CN2CCN(S(=O)(=O)c3ccc(Cl)s3)CC2)c(C)n1C1CC1. The highest BCUT2D eigenvalue weighted by Crippen LogP contribution is 2.38. The van der Waals surface area contributed by atoms with Gasteiger partial charge in [0, 0.05) is 49.2 Å². The van der Waals surface area contributed by atoms with Gasteiger partial charge >= 0.3 is 0 Å². The Morgan fingerprint density at radius 2 is 1.86 bits per heavy atom. The van der Waals surface area contributed by atoms with Gasteiger partial charge in [-0.1, -0.05) is 11.6 Å². The lowest BCUT2D eigenvalue weighted by Crippen LogP contribution is -2.49. The van der Waals surface area contributed by atoms with Gasteiger partial charge in [0.2, 0.25) is 0 Å². The van der Waals surface area contributed by atoms with E-state index in [0.29, 0.717) is 43.1 Å². The maximum absolute atomic E-state index is 12.8. The van der Waals surface area contributed by atoms with Crippen LogP contribution in [0.2, 0.25) is 4.34 Å². The number of carbonyl (C=O) groups is 1. The van der Waals surface area contributed by atoms with Gasteiger partial charge in [0.15, 0.2) is 5.78 Å². The molecule has 9 heteroatoms. The minimum absolute atomic E-state index is 0.112. The number of ketones is 1. The van der Waals surface area contributed by atoms with Crippen LogP contribution in [-0.4, -0.2) is 60.7 Å². The maximum atomic E-state index is 12.8. The predicted octanol–water partition coefficient (Wildman–Crippen LogP) is 3.34. The van der Waals surface area contributed by atoms with Crippen molar-refractivity contribution in [3.05, 3.63) is 39.5 Å². The minimum Gasteiger partial charge on any atom is -0.345 e. The summed E-state index contributed by atoms with van der Waals surface area (Å²) in [6.07, 6.45) is 2.38. The first-order valence-electron chi connectivity index (χ1n) is 9.47. The van der Waals surface area contributed by atoms with Gasteiger partial charge in [0.1, 0.15) is 4.21 Å². The summed E-state index contributed by atoms with van der Waals surface area (Å²) < 4.78 is 29.9. The molecule has 0 amide bonds. The van der Waals surface area contributed by atoms with Gasteiger partial charge in [-0.05, 0) is 44.9 Å². The molecule has 0 unspecified atom stereocenters. The van der Waals surface area contributed by atoms with Gasteiger partial charge in [0.05, 0.1) is 10.9 Å². The molecule has 152 valence electrons. The molecule has 2 aromatic rings. The van der Waals surface area contributed by atoms with Crippen LogP contribution in [0.25, 0.3) is 0 Å². The van der Waals surface area contributed by atoms with E-state index in [1.807, 2.05) is 17.9 Å². The van der Waals surface area contributed by atoms with E-state index < -0.39 is 10.0 Å². The number of piperazine rings is 1. The molecule has 1 saturated heterocycles. The molecule has 0 bridgehead atoms. The Kier molecular flexibility index (Phi) is 5.43. The monoisotopic (exact) mass is 441 g/mol. The molecule has 6 nitrogen and oxygen atoms in total. The van der Waals surface area contributed by atoms with Crippen molar-refractivity contribution >= 4 is 38.7 Å². The van der Waals surface area contributed by atoms with Crippen LogP contribution in [0.1, 0.15) is 40.6 Å². The number of Topliss-reactive ketones (excluding diaryl/α,β-unsaturated/α-hetero) is 1. The molecule has 0 N–H and O–H groups in total. The van der Waals surface area contributed by atoms with Crippen LogP contribution in [0, 0.1) is 13.8 Å². The number of sulfonamides is 1. The van der Waals surface area contributed by atoms with Gasteiger partial charge in [-0.2, -0.15) is 4.31 Å². The quantitative estimate of drug-likeness (QED) is 0.645. The first-order chi connectivity index (χ1) is 13.3. The van der Waals surface area contributed by atoms with Gasteiger partial charge in [-0.15, -0.1) is 11.3 Å². The summed E-state index contributed by atoms with van der Waals surface area (Å²) in [6, 6.07) is 5.71. The summed E-state index contributed by atoms with van der Waals surface area (Å²) in [5.74, 6) is 0.112. The van der Waals surface area contributed by atoms with Crippen LogP contribution in [0.5, 0.6) is 0 Å². The molecular weight excluding hydrogens is 418 g/mol. The van der Waals surface area contributed by atoms with E-state index >= 15 is 0 Å². The van der Waals surface area contributed by atoms with Gasteiger partial charge in [-0.25, -0.2) is 8.42 Å². The predicted molar refractivity (Wildman–Crippen MR) is 111 cm³/mol. The van der Waals surface area contributed by atoms with Crippen molar-refractivity contribution in [1.29, 1.82) is 0 Å². The summed E-state index contributed by atoms with van der Waals surface area (Å²) in [6.45, 7) is 6.26. The van der Waals surface area contributed by atoms with E-state index in [2.05, 4.69) is 11.5 Å². The van der Waals surface area contributed by atoms with Crippen LogP contribution < -0.4 is 0 Å². The molecule has 2 aromatic heterocycles. The highest BCUT2D eigenvalue weighted by molar-refractivity contribution is 7.91. The standard InChI is InChI=1S/C19H24ClN3O3S2/c1-13-11-16(14(2)23(13)15-3-4-15)17(24)12-21-7-9-22(10-8-21)28(25,26)19-6-5-18(20)27-19/h5-6,11,15H,3-4,7-10,12H2,1-2H3. The van der Waals surface area contributed by atoms with Crippen LogP contribution in [0.15, 0.2) is 22.4 Å². The Balaban J connectivity index is 1.38. The molecule has 2 aliphatic rings. The van der Waals surface area contributed by atoms with E-state index in [-0.39, 0.29) is 9.99 Å². The van der Waals surface area contributed by atoms with E-state index in [4.69, 9.17) is 11.6 Å². The second-order valence-electron chi connectivity index (χ2n) is 7.55. The van der Waals surface area contributed by atoms with E-state index in [1.54, 1.807) is 12.1 Å². The minimum atomic E-state index is -3.50. The van der Waals surface area contributed by atoms with Crippen molar-refractivity contribution in [3.63, 3.8) is 0 Å². The van der Waals surface area contributed by atoms with Crippen molar-refractivity contribution in [2.24, 2.45) is 0 Å². The molecule has 3 heterocycles. The molecule has 0 atom stereocenters. The molecule has 1 aliphatic heterocycles. The van der Waals surface area contributed by atoms with Crippen LogP contribution >= 0.6 is 22.9 Å². The van der Waals surface area contributed by atoms with Crippen LogP contribution in [0.4, 0.5) is 0 Å². The lowest BCUT2D eigenvalue weighted by molar-refractivity contribution is 0.0901. The Labute approximate surface area is 174 Å². The highest BCUT2D eigenvalue weighted by atomic mass is 35.5. The molecule has 1 saturated carbocycles. The molecular formula is C19H24ClN3O3S2. The molecule has 28 heavy (non-hydrogen) atoms. The third kappa shape index (κ3) is 3.80. The third-order valence-corrected chi connectivity index (χ3v) is 9.14. The van der Waals surface area contributed by atoms with E-state index in [0.717, 1.165) is 28.3 Å². The fourth-order valence-electron chi connectivity index (χ4n) is 3.93. The number of hydrogen-bond donors (Lipinski definition) is 0. The smallest absolute Gasteiger partial charge is 0.252 e. The number of hydrogen-bond acceptors (Lipinski definition) is 5. The number of thiophene rings is 1. The number of halogens is 1. The van der Waals surface area contributed by atoms with Crippen molar-refractivity contribution in [2.75, 3.05) is 32.7 Å². The molecule has 2 fully saturated rings. The van der Waals surface area contributed by atoms with Gasteiger partial charge < -0.3 is 4.57 Å². The number of aromatic nitrogens is 1. The largest absolute Gasteiger partial charge is 0.345 e. The summed E-state index contributed by atoms with van der Waals surface area (Å²) >= 11 is 6.96. The zero-order valence-electron chi connectivity index (χ0n) is 16.0.